The molecule has 0 aliphatic carbocycles. The fourth-order valence-corrected chi connectivity index (χ4v) is 1.83. The van der Waals surface area contributed by atoms with Crippen molar-refractivity contribution in [1.29, 1.82) is 0 Å². The second-order valence-corrected chi connectivity index (χ2v) is 4.12. The van der Waals surface area contributed by atoms with Gasteiger partial charge in [0, 0.05) is 12.6 Å². The Morgan fingerprint density at radius 3 is 2.84 bits per heavy atom. The van der Waals surface area contributed by atoms with Crippen LogP contribution in [0.5, 0.6) is 0 Å². The van der Waals surface area contributed by atoms with Gasteiger partial charge in [0.25, 0.3) is 0 Å². The summed E-state index contributed by atoms with van der Waals surface area (Å²) in [7, 11) is 0. The third-order valence-corrected chi connectivity index (χ3v) is 2.79. The van der Waals surface area contributed by atoms with Gasteiger partial charge >= 0.3 is 0 Å². The number of carbonyl (C=O) groups excluding carboxylic acids is 1. The van der Waals surface area contributed by atoms with E-state index in [1.807, 2.05) is 0 Å². The van der Waals surface area contributed by atoms with Gasteiger partial charge in [-0.05, 0) is 19.1 Å². The summed E-state index contributed by atoms with van der Waals surface area (Å²) in [6.07, 6.45) is -0.290. The number of anilines is 1. The van der Waals surface area contributed by atoms with E-state index in [4.69, 9.17) is 4.74 Å². The predicted octanol–water partition coefficient (Wildman–Crippen LogP) is 1.70. The maximum absolute atomic E-state index is 13.4. The van der Waals surface area contributed by atoms with Crippen LogP contribution in [-0.2, 0) is 9.53 Å². The lowest BCUT2D eigenvalue weighted by molar-refractivity contribution is -0.123. The minimum atomic E-state index is -0.798. The number of morpholine rings is 1. The van der Waals surface area contributed by atoms with E-state index in [2.05, 4.69) is 10.6 Å². The maximum Gasteiger partial charge on any atom is 0.244 e. The van der Waals surface area contributed by atoms with Crippen LogP contribution in [0.2, 0.25) is 0 Å². The Morgan fingerprint density at radius 1 is 1.47 bits per heavy atom. The van der Waals surface area contributed by atoms with Crippen LogP contribution >= 0.6 is 12.4 Å². The van der Waals surface area contributed by atoms with Crippen LogP contribution in [-0.4, -0.2) is 31.2 Å². The summed E-state index contributed by atoms with van der Waals surface area (Å²) in [5.74, 6) is -1.88. The van der Waals surface area contributed by atoms with E-state index < -0.39 is 23.6 Å². The number of nitrogens with one attached hydrogen (secondary N) is 2. The molecule has 2 rings (SSSR count). The minimum Gasteiger partial charge on any atom is -0.375 e. The summed E-state index contributed by atoms with van der Waals surface area (Å²) < 4.78 is 31.4. The third-order valence-electron chi connectivity index (χ3n) is 2.79. The molecule has 1 aromatic carbocycles. The number of hydrogen-bond donors (Lipinski definition) is 2. The molecule has 0 aromatic heterocycles. The maximum atomic E-state index is 13.4. The molecule has 0 bridgehead atoms. The lowest BCUT2D eigenvalue weighted by Gasteiger charge is -2.29. The van der Waals surface area contributed by atoms with Crippen LogP contribution in [0.3, 0.4) is 0 Å². The Hall–Kier alpha value is -1.24. The quantitative estimate of drug-likeness (QED) is 0.872. The molecule has 1 amide bonds. The van der Waals surface area contributed by atoms with Crippen molar-refractivity contribution in [3.8, 4) is 0 Å². The van der Waals surface area contributed by atoms with Gasteiger partial charge < -0.3 is 15.4 Å². The molecule has 4 nitrogen and oxygen atoms in total. The molecule has 2 atom stereocenters. The monoisotopic (exact) mass is 292 g/mol. The summed E-state index contributed by atoms with van der Waals surface area (Å²) in [6.45, 7) is 2.86. The molecule has 1 saturated heterocycles. The highest BCUT2D eigenvalue weighted by atomic mass is 35.5. The number of hydrogen-bond acceptors (Lipinski definition) is 3. The predicted molar refractivity (Wildman–Crippen MR) is 69.4 cm³/mol. The third kappa shape index (κ3) is 3.86. The normalized spacial score (nSPS) is 22.5. The number of amides is 1. The molecule has 0 radical (unpaired) electrons. The van der Waals surface area contributed by atoms with Crippen molar-refractivity contribution in [2.75, 3.05) is 18.5 Å². The second-order valence-electron chi connectivity index (χ2n) is 4.12. The molecule has 1 heterocycles. The van der Waals surface area contributed by atoms with Gasteiger partial charge in [0.15, 0.2) is 0 Å². The van der Waals surface area contributed by atoms with Gasteiger partial charge in [-0.15, -0.1) is 12.4 Å². The first kappa shape index (κ1) is 15.8. The van der Waals surface area contributed by atoms with Crippen molar-refractivity contribution in [2.24, 2.45) is 0 Å². The number of ether oxygens (including phenoxy) is 1. The molecule has 0 saturated carbocycles. The summed E-state index contributed by atoms with van der Waals surface area (Å²) in [5, 5.41) is 5.40. The van der Waals surface area contributed by atoms with E-state index in [9.17, 15) is 13.6 Å². The Labute approximate surface area is 115 Å². The highest BCUT2D eigenvalue weighted by Gasteiger charge is 2.28. The van der Waals surface area contributed by atoms with E-state index in [1.54, 1.807) is 6.92 Å². The lowest BCUT2D eigenvalue weighted by atomic mass is 10.1. The van der Waals surface area contributed by atoms with E-state index in [1.165, 1.54) is 6.07 Å². The molecule has 0 unspecified atom stereocenters. The summed E-state index contributed by atoms with van der Waals surface area (Å²) in [6, 6.07) is 2.47. The van der Waals surface area contributed by atoms with Crippen LogP contribution in [0, 0.1) is 11.6 Å². The SMILES string of the molecule is C[C@H]1OCCN[C@@H]1C(=O)Nc1ccc(F)cc1F.Cl. The largest absolute Gasteiger partial charge is 0.375 e. The smallest absolute Gasteiger partial charge is 0.244 e. The minimum absolute atomic E-state index is 0. The zero-order valence-corrected chi connectivity index (χ0v) is 11.1. The van der Waals surface area contributed by atoms with Crippen LogP contribution in [0.15, 0.2) is 18.2 Å². The van der Waals surface area contributed by atoms with E-state index in [0.29, 0.717) is 13.2 Å². The Balaban J connectivity index is 0.00000180. The molecular formula is C12H15ClF2N2O2. The zero-order chi connectivity index (χ0) is 13.1. The van der Waals surface area contributed by atoms with Crippen molar-refractivity contribution in [3.63, 3.8) is 0 Å². The van der Waals surface area contributed by atoms with Crippen molar-refractivity contribution < 1.29 is 18.3 Å². The average molecular weight is 293 g/mol. The van der Waals surface area contributed by atoms with Gasteiger partial charge in [-0.1, -0.05) is 0 Å². The van der Waals surface area contributed by atoms with Crippen LogP contribution < -0.4 is 10.6 Å². The van der Waals surface area contributed by atoms with Crippen molar-refractivity contribution in [2.45, 2.75) is 19.1 Å². The Morgan fingerprint density at radius 2 is 2.21 bits per heavy atom. The standard InChI is InChI=1S/C12H14F2N2O2.ClH/c1-7-11(15-4-5-18-7)12(17)16-10-3-2-8(13)6-9(10)14;/h2-3,6-7,11,15H,4-5H2,1H3,(H,16,17);1H/t7-,11+;/m1./s1. The first-order valence-electron chi connectivity index (χ1n) is 5.69. The molecule has 19 heavy (non-hydrogen) atoms. The van der Waals surface area contributed by atoms with Crippen LogP contribution in [0.4, 0.5) is 14.5 Å². The molecule has 7 heteroatoms. The van der Waals surface area contributed by atoms with E-state index >= 15 is 0 Å². The molecule has 0 spiro atoms. The fourth-order valence-electron chi connectivity index (χ4n) is 1.83. The first-order valence-corrected chi connectivity index (χ1v) is 5.69. The number of carbonyl (C=O) groups is 1. The molecule has 1 aliphatic heterocycles. The Bertz CT molecular complexity index is 459. The summed E-state index contributed by atoms with van der Waals surface area (Å²) in [4.78, 5) is 11.9. The highest BCUT2D eigenvalue weighted by Crippen LogP contribution is 2.16. The van der Waals surface area contributed by atoms with Crippen molar-refractivity contribution in [3.05, 3.63) is 29.8 Å². The molecule has 2 N–H and O–H groups in total. The summed E-state index contributed by atoms with van der Waals surface area (Å²) >= 11 is 0. The van der Waals surface area contributed by atoms with Crippen molar-refractivity contribution >= 4 is 24.0 Å². The van der Waals surface area contributed by atoms with Crippen LogP contribution in [0.25, 0.3) is 0 Å². The molecule has 1 aliphatic rings. The first-order chi connectivity index (χ1) is 8.58. The fraction of sp³-hybridized carbons (Fsp3) is 0.417. The van der Waals surface area contributed by atoms with Crippen molar-refractivity contribution in [1.82, 2.24) is 5.32 Å². The van der Waals surface area contributed by atoms with Gasteiger partial charge in [-0.2, -0.15) is 0 Å². The van der Waals surface area contributed by atoms with Gasteiger partial charge in [-0.25, -0.2) is 8.78 Å². The van der Waals surface area contributed by atoms with E-state index in [0.717, 1.165) is 12.1 Å². The second kappa shape index (κ2) is 6.79. The van der Waals surface area contributed by atoms with Gasteiger partial charge in [0.2, 0.25) is 5.91 Å². The molecular weight excluding hydrogens is 278 g/mol. The number of benzene rings is 1. The molecule has 1 aromatic rings. The van der Waals surface area contributed by atoms with Crippen LogP contribution in [0.1, 0.15) is 6.92 Å². The zero-order valence-electron chi connectivity index (χ0n) is 10.3. The highest BCUT2D eigenvalue weighted by molar-refractivity contribution is 5.95. The summed E-state index contributed by atoms with van der Waals surface area (Å²) in [5.41, 5.74) is -0.0408. The lowest BCUT2D eigenvalue weighted by Crippen LogP contribution is -2.53. The topological polar surface area (TPSA) is 50.4 Å². The average Bonchev–Trinajstić information content (AvgIpc) is 2.33. The van der Waals surface area contributed by atoms with Gasteiger partial charge in [0.05, 0.1) is 18.4 Å². The molecule has 106 valence electrons. The number of halogens is 3. The van der Waals surface area contributed by atoms with Gasteiger partial charge in [-0.3, -0.25) is 4.79 Å². The molecule has 1 fully saturated rings. The van der Waals surface area contributed by atoms with E-state index in [-0.39, 0.29) is 24.2 Å². The number of rotatable bonds is 2. The van der Waals surface area contributed by atoms with Gasteiger partial charge in [0.1, 0.15) is 17.7 Å². The Kier molecular flexibility index (Phi) is 5.65.